The molecule has 3 N–H and O–H groups in total. The maximum Gasteiger partial charge on any atom is 0.332 e. The molecule has 32 heavy (non-hydrogen) atoms. The van der Waals surface area contributed by atoms with Crippen molar-refractivity contribution in [1.82, 2.24) is 0 Å². The van der Waals surface area contributed by atoms with E-state index in [1.165, 1.54) is 27.9 Å². The SMILES string of the molecule is C=C[C@]1(C)O[C@]2(C)[C@@H](O)[C@@H](OC(=O)COC)[C@H]3C(C)(C)CC[C@H](O)[C@]3(C)[C@@]2(O)C(=O)C1=O. The first-order valence-corrected chi connectivity index (χ1v) is 10.8. The fraction of sp³-hybridized carbons (Fsp3) is 0.783. The Labute approximate surface area is 187 Å². The average Bonchev–Trinajstić information content (AvgIpc) is 2.71. The van der Waals surface area contributed by atoms with Gasteiger partial charge in [-0.15, -0.1) is 0 Å². The first kappa shape index (κ1) is 25.0. The van der Waals surface area contributed by atoms with Gasteiger partial charge < -0.3 is 29.5 Å². The van der Waals surface area contributed by atoms with Crippen LogP contribution in [-0.2, 0) is 28.6 Å². The maximum atomic E-state index is 13.6. The van der Waals surface area contributed by atoms with Crippen LogP contribution >= 0.6 is 0 Å². The number of carbonyl (C=O) groups excluding carboxylic acids is 3. The third kappa shape index (κ3) is 2.84. The number of carbonyl (C=O) groups is 3. The smallest absolute Gasteiger partial charge is 0.332 e. The molecule has 1 heterocycles. The van der Waals surface area contributed by atoms with E-state index >= 15 is 0 Å². The summed E-state index contributed by atoms with van der Waals surface area (Å²) >= 11 is 0. The molecule has 9 nitrogen and oxygen atoms in total. The summed E-state index contributed by atoms with van der Waals surface area (Å²) in [6.45, 7) is 11.0. The molecule has 3 fully saturated rings. The fourth-order valence-corrected chi connectivity index (χ4v) is 6.53. The van der Waals surface area contributed by atoms with E-state index < -0.39 is 69.4 Å². The Morgan fingerprint density at radius 3 is 2.31 bits per heavy atom. The molecule has 0 aromatic heterocycles. The number of Topliss-reactive ketones (excluding diaryl/α,β-unsaturated/α-hetero) is 2. The van der Waals surface area contributed by atoms with Crippen LogP contribution in [0.3, 0.4) is 0 Å². The van der Waals surface area contributed by atoms with Gasteiger partial charge in [0.1, 0.15) is 24.4 Å². The van der Waals surface area contributed by atoms with Crippen LogP contribution in [0.1, 0.15) is 47.5 Å². The Kier molecular flexibility index (Phi) is 5.80. The summed E-state index contributed by atoms with van der Waals surface area (Å²) in [4.78, 5) is 39.0. The number of ketones is 2. The Hall–Kier alpha value is -1.65. The lowest BCUT2D eigenvalue weighted by Crippen LogP contribution is -2.88. The summed E-state index contributed by atoms with van der Waals surface area (Å²) in [5, 5.41) is 34.8. The van der Waals surface area contributed by atoms with Crippen molar-refractivity contribution in [3.8, 4) is 0 Å². The largest absolute Gasteiger partial charge is 0.457 e. The van der Waals surface area contributed by atoms with Gasteiger partial charge in [-0.25, -0.2) is 4.79 Å². The normalized spacial score (nSPS) is 47.9. The summed E-state index contributed by atoms with van der Waals surface area (Å²) in [7, 11) is 1.32. The summed E-state index contributed by atoms with van der Waals surface area (Å²) < 4.78 is 16.5. The third-order valence-corrected chi connectivity index (χ3v) is 8.27. The number of aliphatic hydroxyl groups is 3. The second-order valence-corrected chi connectivity index (χ2v) is 10.5. The van der Waals surface area contributed by atoms with Crippen molar-refractivity contribution in [2.75, 3.05) is 13.7 Å². The summed E-state index contributed by atoms with van der Waals surface area (Å²) in [5.74, 6) is -3.83. The molecule has 2 saturated carbocycles. The van der Waals surface area contributed by atoms with Crippen molar-refractivity contribution in [2.24, 2.45) is 16.7 Å². The van der Waals surface area contributed by atoms with Crippen molar-refractivity contribution in [2.45, 2.75) is 82.6 Å². The number of rotatable bonds is 4. The molecule has 3 rings (SSSR count). The second kappa shape index (κ2) is 7.43. The molecule has 0 aromatic carbocycles. The second-order valence-electron chi connectivity index (χ2n) is 10.5. The minimum atomic E-state index is -2.59. The molecule has 9 heteroatoms. The quantitative estimate of drug-likeness (QED) is 0.311. The first-order chi connectivity index (χ1) is 14.6. The summed E-state index contributed by atoms with van der Waals surface area (Å²) in [6.07, 6.45) is -2.37. The van der Waals surface area contributed by atoms with Crippen LogP contribution in [0.2, 0.25) is 0 Å². The van der Waals surface area contributed by atoms with Crippen molar-refractivity contribution >= 4 is 17.5 Å². The van der Waals surface area contributed by atoms with Crippen LogP contribution in [-0.4, -0.2) is 81.7 Å². The third-order valence-electron chi connectivity index (χ3n) is 8.27. The average molecular weight is 455 g/mol. The van der Waals surface area contributed by atoms with Gasteiger partial charge in [0, 0.05) is 18.4 Å². The van der Waals surface area contributed by atoms with Crippen molar-refractivity contribution in [3.05, 3.63) is 12.7 Å². The van der Waals surface area contributed by atoms with Crippen molar-refractivity contribution in [3.63, 3.8) is 0 Å². The van der Waals surface area contributed by atoms with E-state index in [0.717, 1.165) is 6.08 Å². The highest BCUT2D eigenvalue weighted by Crippen LogP contribution is 2.66. The van der Waals surface area contributed by atoms with Gasteiger partial charge in [-0.05, 0) is 32.1 Å². The number of esters is 1. The van der Waals surface area contributed by atoms with Crippen molar-refractivity contribution < 1.29 is 43.9 Å². The van der Waals surface area contributed by atoms with Gasteiger partial charge in [0.25, 0.3) is 0 Å². The highest BCUT2D eigenvalue weighted by Gasteiger charge is 2.82. The minimum Gasteiger partial charge on any atom is -0.457 e. The Balaban J connectivity index is 2.31. The Bertz CT molecular complexity index is 852. The van der Waals surface area contributed by atoms with E-state index in [4.69, 9.17) is 14.2 Å². The molecule has 0 aromatic rings. The van der Waals surface area contributed by atoms with Crippen LogP contribution in [0.25, 0.3) is 0 Å². The molecule has 2 aliphatic carbocycles. The number of hydrogen-bond acceptors (Lipinski definition) is 9. The molecule has 1 saturated heterocycles. The molecule has 0 unspecified atom stereocenters. The van der Waals surface area contributed by atoms with E-state index in [0.29, 0.717) is 6.42 Å². The molecular formula is C23H34O9. The number of aliphatic hydroxyl groups excluding tert-OH is 2. The molecule has 0 amide bonds. The van der Waals surface area contributed by atoms with E-state index in [2.05, 4.69) is 6.58 Å². The van der Waals surface area contributed by atoms with Crippen LogP contribution in [0.4, 0.5) is 0 Å². The zero-order valence-corrected chi connectivity index (χ0v) is 19.5. The molecule has 0 radical (unpaired) electrons. The molecule has 3 aliphatic rings. The Morgan fingerprint density at radius 1 is 1.19 bits per heavy atom. The van der Waals surface area contributed by atoms with Gasteiger partial charge in [0.05, 0.1) is 6.10 Å². The molecular weight excluding hydrogens is 420 g/mol. The predicted molar refractivity (Wildman–Crippen MR) is 111 cm³/mol. The fourth-order valence-electron chi connectivity index (χ4n) is 6.53. The van der Waals surface area contributed by atoms with Crippen LogP contribution in [0.15, 0.2) is 12.7 Å². The topological polar surface area (TPSA) is 140 Å². The lowest BCUT2D eigenvalue weighted by atomic mass is 9.39. The predicted octanol–water partition coefficient (Wildman–Crippen LogP) is 0.325. The maximum absolute atomic E-state index is 13.6. The van der Waals surface area contributed by atoms with Gasteiger partial charge in [0.2, 0.25) is 11.6 Å². The number of fused-ring (bicyclic) bond motifs is 3. The highest BCUT2D eigenvalue weighted by atomic mass is 16.6. The first-order valence-electron chi connectivity index (χ1n) is 10.8. The van der Waals surface area contributed by atoms with Gasteiger partial charge in [-0.3, -0.25) is 9.59 Å². The molecule has 8 atom stereocenters. The zero-order valence-electron chi connectivity index (χ0n) is 19.5. The van der Waals surface area contributed by atoms with E-state index in [1.54, 1.807) is 0 Å². The van der Waals surface area contributed by atoms with E-state index in [-0.39, 0.29) is 13.0 Å². The monoisotopic (exact) mass is 454 g/mol. The van der Waals surface area contributed by atoms with Crippen LogP contribution < -0.4 is 0 Å². The Morgan fingerprint density at radius 2 is 1.78 bits per heavy atom. The molecule has 1 aliphatic heterocycles. The number of hydrogen-bond donors (Lipinski definition) is 3. The summed E-state index contributed by atoms with van der Waals surface area (Å²) in [5.41, 5.74) is -8.88. The highest BCUT2D eigenvalue weighted by molar-refractivity contribution is 6.44. The molecule has 180 valence electrons. The standard InChI is InChI=1S/C23H34O9/c1-8-20(4)17(27)18(28)23(29)21(5)12(24)9-10-19(2,3)15(21)14(31-13(25)11-30-7)16(26)22(23,6)32-20/h8,12,14-16,24,26,29H,1,9-11H2,2-7H3/t12-,14-,15-,16-,20-,21-,22+,23-/m0/s1. The summed E-state index contributed by atoms with van der Waals surface area (Å²) in [6, 6.07) is 0. The lowest BCUT2D eigenvalue weighted by Gasteiger charge is -2.70. The minimum absolute atomic E-state index is 0.230. The van der Waals surface area contributed by atoms with Crippen LogP contribution in [0, 0.1) is 16.7 Å². The van der Waals surface area contributed by atoms with E-state index in [9.17, 15) is 29.7 Å². The number of methoxy groups -OCH3 is 1. The van der Waals surface area contributed by atoms with Crippen LogP contribution in [0.5, 0.6) is 0 Å². The van der Waals surface area contributed by atoms with Gasteiger partial charge in [-0.2, -0.15) is 0 Å². The lowest BCUT2D eigenvalue weighted by molar-refractivity contribution is -0.363. The zero-order chi connectivity index (χ0) is 24.5. The van der Waals surface area contributed by atoms with Gasteiger partial charge in [-0.1, -0.05) is 33.4 Å². The molecule has 0 bridgehead atoms. The number of ether oxygens (including phenoxy) is 3. The molecule has 0 spiro atoms. The van der Waals surface area contributed by atoms with Crippen molar-refractivity contribution in [1.29, 1.82) is 0 Å². The van der Waals surface area contributed by atoms with Gasteiger partial charge in [0.15, 0.2) is 11.2 Å². The van der Waals surface area contributed by atoms with E-state index in [1.807, 2.05) is 13.8 Å². The van der Waals surface area contributed by atoms with Gasteiger partial charge >= 0.3 is 5.97 Å².